The van der Waals surface area contributed by atoms with E-state index in [-0.39, 0.29) is 12.3 Å². The van der Waals surface area contributed by atoms with Crippen molar-refractivity contribution in [2.45, 2.75) is 19.4 Å². The third-order valence-corrected chi connectivity index (χ3v) is 5.94. The minimum Gasteiger partial charge on any atom is -0.488 e. The number of ether oxygens (including phenoxy) is 1. The van der Waals surface area contributed by atoms with Crippen molar-refractivity contribution >= 4 is 57.9 Å². The summed E-state index contributed by atoms with van der Waals surface area (Å²) < 4.78 is 6.36. The monoisotopic (exact) mass is 447 g/mol. The molecule has 0 bridgehead atoms. The van der Waals surface area contributed by atoms with E-state index in [9.17, 15) is 9.59 Å². The van der Waals surface area contributed by atoms with E-state index in [0.29, 0.717) is 39.6 Å². The van der Waals surface area contributed by atoms with Crippen LogP contribution < -0.4 is 4.74 Å². The van der Waals surface area contributed by atoms with E-state index in [2.05, 4.69) is 0 Å². The molecule has 1 amide bonds. The Kier molecular flexibility index (Phi) is 7.30. The molecule has 150 valence electrons. The molecular weight excluding hydrogens is 430 g/mol. The van der Waals surface area contributed by atoms with E-state index in [1.54, 1.807) is 6.08 Å². The number of carbonyl (C=O) groups excluding carboxylic acids is 1. The van der Waals surface area contributed by atoms with E-state index in [0.717, 1.165) is 11.1 Å². The fourth-order valence-electron chi connectivity index (χ4n) is 2.72. The molecule has 0 aliphatic carbocycles. The van der Waals surface area contributed by atoms with Crippen LogP contribution in [-0.4, -0.2) is 32.7 Å². The van der Waals surface area contributed by atoms with Gasteiger partial charge in [-0.1, -0.05) is 72.0 Å². The van der Waals surface area contributed by atoms with Crippen LogP contribution in [0, 0.1) is 0 Å². The van der Waals surface area contributed by atoms with Crippen molar-refractivity contribution in [3.05, 3.63) is 69.6 Å². The second kappa shape index (κ2) is 9.91. The van der Waals surface area contributed by atoms with E-state index in [1.165, 1.54) is 16.7 Å². The van der Waals surface area contributed by atoms with E-state index in [1.807, 2.05) is 48.5 Å². The first kappa shape index (κ1) is 21.4. The van der Waals surface area contributed by atoms with Crippen LogP contribution in [0.1, 0.15) is 24.0 Å². The molecule has 1 fully saturated rings. The van der Waals surface area contributed by atoms with Crippen LogP contribution in [0.5, 0.6) is 5.75 Å². The van der Waals surface area contributed by atoms with Crippen molar-refractivity contribution in [1.29, 1.82) is 0 Å². The third-order valence-electron chi connectivity index (χ3n) is 4.19. The minimum atomic E-state index is -0.893. The van der Waals surface area contributed by atoms with Gasteiger partial charge in [-0.25, -0.2) is 0 Å². The summed E-state index contributed by atoms with van der Waals surface area (Å²) in [5.74, 6) is -0.481. The second-order valence-corrected chi connectivity index (χ2v) is 8.33. The highest BCUT2D eigenvalue weighted by Gasteiger charge is 2.31. The van der Waals surface area contributed by atoms with Gasteiger partial charge in [0.1, 0.15) is 16.7 Å². The molecule has 2 aromatic rings. The number of amides is 1. The van der Waals surface area contributed by atoms with Gasteiger partial charge < -0.3 is 9.84 Å². The number of nitrogens with zero attached hydrogens (tertiary/aromatic N) is 1. The van der Waals surface area contributed by atoms with Crippen molar-refractivity contribution in [3.63, 3.8) is 0 Å². The lowest BCUT2D eigenvalue weighted by Gasteiger charge is -2.13. The molecule has 0 atom stereocenters. The predicted molar refractivity (Wildman–Crippen MR) is 119 cm³/mol. The van der Waals surface area contributed by atoms with Crippen molar-refractivity contribution < 1.29 is 19.4 Å². The molecule has 1 N–H and O–H groups in total. The van der Waals surface area contributed by atoms with Crippen molar-refractivity contribution in [3.8, 4) is 5.75 Å². The molecule has 8 heteroatoms. The Morgan fingerprint density at radius 1 is 1.21 bits per heavy atom. The van der Waals surface area contributed by atoms with E-state index in [4.69, 9.17) is 33.7 Å². The molecule has 1 aliphatic rings. The number of hydrogen-bond acceptors (Lipinski definition) is 5. The number of carboxylic acid groups (broad SMARTS) is 1. The summed E-state index contributed by atoms with van der Waals surface area (Å²) in [5, 5.41) is 9.40. The Balaban J connectivity index is 1.73. The standard InChI is InChI=1S/C21H18ClNO4S2/c22-16-8-3-1-7-15(16)13-27-17-9-4-2-6-14(17)12-18-20(26)23(21(28)29-18)11-5-10-19(24)25/h1-4,6-9,12H,5,10-11,13H2,(H,24,25)/b18-12-. The summed E-state index contributed by atoms with van der Waals surface area (Å²) in [7, 11) is 0. The van der Waals surface area contributed by atoms with Gasteiger partial charge in [0, 0.05) is 29.1 Å². The molecule has 1 heterocycles. The number of carbonyl (C=O) groups is 2. The van der Waals surface area contributed by atoms with Gasteiger partial charge in [-0.05, 0) is 24.6 Å². The molecule has 29 heavy (non-hydrogen) atoms. The fourth-order valence-corrected chi connectivity index (χ4v) is 4.21. The average Bonchev–Trinajstić information content (AvgIpc) is 2.95. The first-order valence-electron chi connectivity index (χ1n) is 8.88. The fraction of sp³-hybridized carbons (Fsp3) is 0.190. The van der Waals surface area contributed by atoms with E-state index < -0.39 is 5.97 Å². The lowest BCUT2D eigenvalue weighted by atomic mass is 10.1. The lowest BCUT2D eigenvalue weighted by molar-refractivity contribution is -0.137. The summed E-state index contributed by atoms with van der Waals surface area (Å²) in [6, 6.07) is 14.9. The van der Waals surface area contributed by atoms with E-state index >= 15 is 0 Å². The summed E-state index contributed by atoms with van der Waals surface area (Å²) in [5.41, 5.74) is 1.62. The maximum Gasteiger partial charge on any atom is 0.303 e. The Morgan fingerprint density at radius 2 is 1.93 bits per heavy atom. The minimum absolute atomic E-state index is 0.00513. The van der Waals surface area contributed by atoms with Gasteiger partial charge >= 0.3 is 5.97 Å². The van der Waals surface area contributed by atoms with Gasteiger partial charge in [0.25, 0.3) is 5.91 Å². The van der Waals surface area contributed by atoms with Crippen molar-refractivity contribution in [2.75, 3.05) is 6.54 Å². The molecule has 5 nitrogen and oxygen atoms in total. The van der Waals surface area contributed by atoms with Crippen LogP contribution in [0.2, 0.25) is 5.02 Å². The van der Waals surface area contributed by atoms with Crippen LogP contribution in [0.25, 0.3) is 6.08 Å². The number of carboxylic acids is 1. The summed E-state index contributed by atoms with van der Waals surface area (Å²) >= 11 is 12.7. The highest BCUT2D eigenvalue weighted by atomic mass is 35.5. The van der Waals surface area contributed by atoms with Crippen molar-refractivity contribution in [2.24, 2.45) is 0 Å². The largest absolute Gasteiger partial charge is 0.488 e. The van der Waals surface area contributed by atoms with Gasteiger partial charge in [-0.2, -0.15) is 0 Å². The molecule has 2 aromatic carbocycles. The average molecular weight is 448 g/mol. The number of thioether (sulfide) groups is 1. The van der Waals surface area contributed by atoms with Gasteiger partial charge in [0.15, 0.2) is 0 Å². The molecule has 0 unspecified atom stereocenters. The highest BCUT2D eigenvalue weighted by molar-refractivity contribution is 8.26. The number of rotatable bonds is 8. The van der Waals surface area contributed by atoms with Gasteiger partial charge in [-0.3, -0.25) is 14.5 Å². The van der Waals surface area contributed by atoms with Crippen LogP contribution >= 0.6 is 35.6 Å². The Labute approximate surface area is 183 Å². The molecule has 0 radical (unpaired) electrons. The lowest BCUT2D eigenvalue weighted by Crippen LogP contribution is -2.29. The first-order chi connectivity index (χ1) is 14.0. The zero-order valence-corrected chi connectivity index (χ0v) is 17.7. The number of para-hydroxylation sites is 1. The molecule has 0 aromatic heterocycles. The topological polar surface area (TPSA) is 66.8 Å². The van der Waals surface area contributed by atoms with Crippen molar-refractivity contribution in [1.82, 2.24) is 4.90 Å². The number of aliphatic carboxylic acids is 1. The van der Waals surface area contributed by atoms with Gasteiger partial charge in [0.2, 0.25) is 0 Å². The number of thiocarbonyl (C=S) groups is 1. The van der Waals surface area contributed by atoms with Crippen LogP contribution in [0.15, 0.2) is 53.4 Å². The number of benzene rings is 2. The summed E-state index contributed by atoms with van der Waals surface area (Å²) in [6.45, 7) is 0.597. The first-order valence-corrected chi connectivity index (χ1v) is 10.5. The molecular formula is C21H18ClNO4S2. The Morgan fingerprint density at radius 3 is 2.69 bits per heavy atom. The van der Waals surface area contributed by atoms with Crippen LogP contribution in [0.4, 0.5) is 0 Å². The predicted octanol–water partition coefficient (Wildman–Crippen LogP) is 4.99. The number of halogens is 1. The number of hydrogen-bond donors (Lipinski definition) is 1. The molecule has 0 saturated carbocycles. The molecule has 0 spiro atoms. The normalized spacial score (nSPS) is 15.2. The highest BCUT2D eigenvalue weighted by Crippen LogP contribution is 2.34. The maximum atomic E-state index is 12.7. The third kappa shape index (κ3) is 5.59. The molecule has 1 saturated heterocycles. The SMILES string of the molecule is O=C(O)CCCN1C(=O)/C(=C/c2ccccc2OCc2ccccc2Cl)SC1=S. The zero-order valence-electron chi connectivity index (χ0n) is 15.3. The van der Waals surface area contributed by atoms with Crippen LogP contribution in [0.3, 0.4) is 0 Å². The quantitative estimate of drug-likeness (QED) is 0.454. The molecule has 1 aliphatic heterocycles. The smallest absolute Gasteiger partial charge is 0.303 e. The van der Waals surface area contributed by atoms with Crippen LogP contribution in [-0.2, 0) is 16.2 Å². The zero-order chi connectivity index (χ0) is 20.8. The second-order valence-electron chi connectivity index (χ2n) is 6.25. The van der Waals surface area contributed by atoms with Gasteiger partial charge in [-0.15, -0.1) is 0 Å². The summed E-state index contributed by atoms with van der Waals surface area (Å²) in [4.78, 5) is 25.3. The Bertz CT molecular complexity index is 977. The Hall–Kier alpha value is -2.35. The maximum absolute atomic E-state index is 12.7. The molecule has 3 rings (SSSR count). The summed E-state index contributed by atoms with van der Waals surface area (Å²) in [6.07, 6.45) is 2.10. The van der Waals surface area contributed by atoms with Gasteiger partial charge in [0.05, 0.1) is 4.91 Å².